The molecule has 0 radical (unpaired) electrons. The molecule has 1 fully saturated rings. The number of piperazine rings is 1. The summed E-state index contributed by atoms with van der Waals surface area (Å²) in [6, 6.07) is 3.69. The molecular formula is C34H35F3N6O4. The smallest absolute Gasteiger partial charge is 0.407 e. The maximum Gasteiger partial charge on any atom is 0.407 e. The maximum atomic E-state index is 17.2. The van der Waals surface area contributed by atoms with Gasteiger partial charge in [-0.3, -0.25) is 4.98 Å². The van der Waals surface area contributed by atoms with Gasteiger partial charge in [0, 0.05) is 42.8 Å². The van der Waals surface area contributed by atoms with E-state index in [4.69, 9.17) is 4.42 Å². The van der Waals surface area contributed by atoms with E-state index in [1.165, 1.54) is 21.8 Å². The Balaban J connectivity index is 1.83. The number of furan rings is 1. The van der Waals surface area contributed by atoms with Crippen molar-refractivity contribution in [1.82, 2.24) is 24.4 Å². The summed E-state index contributed by atoms with van der Waals surface area (Å²) in [5, 5.41) is 10.0. The molecule has 5 aromatic rings. The van der Waals surface area contributed by atoms with Crippen molar-refractivity contribution >= 4 is 33.9 Å². The third-order valence-corrected chi connectivity index (χ3v) is 8.66. The summed E-state index contributed by atoms with van der Waals surface area (Å²) < 4.78 is 54.8. The number of halogens is 3. The molecule has 1 N–H and O–H groups in total. The van der Waals surface area contributed by atoms with Gasteiger partial charge in [0.1, 0.15) is 17.1 Å². The molecule has 1 atom stereocenters. The highest BCUT2D eigenvalue weighted by atomic mass is 19.2. The van der Waals surface area contributed by atoms with Gasteiger partial charge in [0.05, 0.1) is 28.6 Å². The minimum absolute atomic E-state index is 0.0319. The highest BCUT2D eigenvalue weighted by Gasteiger charge is 2.36. The van der Waals surface area contributed by atoms with Crippen molar-refractivity contribution in [1.29, 1.82) is 0 Å². The van der Waals surface area contributed by atoms with Crippen LogP contribution in [0.4, 0.5) is 23.8 Å². The number of rotatable bonds is 4. The molecule has 13 heteroatoms. The Hall–Kier alpha value is -4.94. The zero-order valence-corrected chi connectivity index (χ0v) is 27.2. The van der Waals surface area contributed by atoms with Crippen LogP contribution in [0.2, 0.25) is 0 Å². The number of pyridine rings is 2. The summed E-state index contributed by atoms with van der Waals surface area (Å²) in [6.45, 7) is 13.1. The highest BCUT2D eigenvalue weighted by molar-refractivity contribution is 5.98. The van der Waals surface area contributed by atoms with Crippen LogP contribution in [-0.4, -0.2) is 61.3 Å². The van der Waals surface area contributed by atoms with Crippen molar-refractivity contribution in [2.24, 2.45) is 0 Å². The molecule has 246 valence electrons. The minimum Gasteiger partial charge on any atom is -0.465 e. The van der Waals surface area contributed by atoms with Crippen molar-refractivity contribution in [2.45, 2.75) is 65.8 Å². The lowest BCUT2D eigenvalue weighted by atomic mass is 9.83. The number of anilines is 1. The minimum atomic E-state index is -1.35. The van der Waals surface area contributed by atoms with E-state index < -0.39 is 51.9 Å². The fraction of sp³-hybridized carbons (Fsp3) is 0.382. The van der Waals surface area contributed by atoms with Gasteiger partial charge in [-0.15, -0.1) is 0 Å². The number of nitrogens with zero attached hydrogens (tertiary/aromatic N) is 6. The summed E-state index contributed by atoms with van der Waals surface area (Å²) in [6.07, 6.45) is 1.80. The highest BCUT2D eigenvalue weighted by Crippen LogP contribution is 2.43. The summed E-state index contributed by atoms with van der Waals surface area (Å²) in [4.78, 5) is 42.9. The first-order valence-corrected chi connectivity index (χ1v) is 15.3. The maximum absolute atomic E-state index is 17.2. The van der Waals surface area contributed by atoms with E-state index in [9.17, 15) is 14.7 Å². The van der Waals surface area contributed by atoms with Crippen molar-refractivity contribution in [3.05, 3.63) is 75.4 Å². The molecule has 4 aromatic heterocycles. The average Bonchev–Trinajstić information content (AvgIpc) is 3.45. The molecule has 47 heavy (non-hydrogen) atoms. The summed E-state index contributed by atoms with van der Waals surface area (Å²) in [7, 11) is 0. The van der Waals surface area contributed by atoms with Crippen LogP contribution < -0.4 is 10.6 Å². The van der Waals surface area contributed by atoms with E-state index in [1.807, 2.05) is 13.8 Å². The topological polar surface area (TPSA) is 118 Å². The summed E-state index contributed by atoms with van der Waals surface area (Å²) >= 11 is 0. The molecule has 0 unspecified atom stereocenters. The van der Waals surface area contributed by atoms with Crippen LogP contribution >= 0.6 is 0 Å². The standard InChI is InChI=1S/C34H35F3N6O4/c1-16(2)26-28(17(3)8-10-38-26)43-31-21(30(40-32(43)44)42-12-11-41(33(45)46)15-18(42)4)23(34(5,6)7)25(37)27(39-31)22-24(36)20(35)14-19-9-13-47-29(19)22/h8-10,13-14,16,18H,11-12,15H2,1-7H3,(H,45,46)/t18-/m0/s1. The molecule has 1 aliphatic rings. The van der Waals surface area contributed by atoms with Crippen LogP contribution in [0.25, 0.3) is 38.9 Å². The predicted molar refractivity (Wildman–Crippen MR) is 172 cm³/mol. The molecule has 6 rings (SSSR count). The lowest BCUT2D eigenvalue weighted by Gasteiger charge is -2.40. The molecule has 0 spiro atoms. The second kappa shape index (κ2) is 11.4. The van der Waals surface area contributed by atoms with Gasteiger partial charge in [-0.2, -0.15) is 4.98 Å². The van der Waals surface area contributed by atoms with Crippen LogP contribution in [0.15, 0.2) is 39.9 Å². The number of amides is 1. The first kappa shape index (κ1) is 32.0. The number of hydrogen-bond acceptors (Lipinski definition) is 7. The molecule has 0 bridgehead atoms. The van der Waals surface area contributed by atoms with Crippen molar-refractivity contribution in [3.63, 3.8) is 0 Å². The van der Waals surface area contributed by atoms with Gasteiger partial charge in [0.2, 0.25) is 0 Å². The SMILES string of the molecule is Cc1ccnc(C(C)C)c1-n1c(=O)nc(N2CCN(C(=O)O)C[C@@H]2C)c2c(C(C)(C)C)c(F)c(-c3c(F)c(F)cc4ccoc34)nc21. The van der Waals surface area contributed by atoms with Gasteiger partial charge in [0.25, 0.3) is 0 Å². The fourth-order valence-electron chi connectivity index (χ4n) is 6.49. The zero-order chi connectivity index (χ0) is 34.1. The lowest BCUT2D eigenvalue weighted by molar-refractivity contribution is 0.136. The molecule has 1 aliphatic heterocycles. The normalized spacial score (nSPS) is 15.8. The van der Waals surface area contributed by atoms with Gasteiger partial charge in [0.15, 0.2) is 23.1 Å². The van der Waals surface area contributed by atoms with E-state index in [-0.39, 0.29) is 58.9 Å². The Labute approximate surface area is 268 Å². The monoisotopic (exact) mass is 648 g/mol. The van der Waals surface area contributed by atoms with Crippen LogP contribution in [0.5, 0.6) is 0 Å². The van der Waals surface area contributed by atoms with Gasteiger partial charge in [-0.1, -0.05) is 34.6 Å². The van der Waals surface area contributed by atoms with E-state index in [0.717, 1.165) is 6.07 Å². The quantitative estimate of drug-likeness (QED) is 0.223. The lowest BCUT2D eigenvalue weighted by Crippen LogP contribution is -2.54. The van der Waals surface area contributed by atoms with Gasteiger partial charge in [-0.05, 0) is 48.9 Å². The number of benzene rings is 1. The number of fused-ring (bicyclic) bond motifs is 2. The average molecular weight is 649 g/mol. The fourth-order valence-corrected chi connectivity index (χ4v) is 6.49. The molecule has 1 saturated heterocycles. The van der Waals surface area contributed by atoms with Crippen LogP contribution in [0.1, 0.15) is 64.3 Å². The van der Waals surface area contributed by atoms with E-state index >= 15 is 13.2 Å². The van der Waals surface area contributed by atoms with Crippen molar-refractivity contribution < 1.29 is 27.5 Å². The van der Waals surface area contributed by atoms with E-state index in [1.54, 1.807) is 51.8 Å². The Bertz CT molecular complexity index is 2140. The number of carbonyl (C=O) groups is 1. The Kier molecular flexibility index (Phi) is 7.76. The first-order valence-electron chi connectivity index (χ1n) is 15.3. The second-order valence-electron chi connectivity index (χ2n) is 13.3. The summed E-state index contributed by atoms with van der Waals surface area (Å²) in [5.41, 5.74) is -1.21. The largest absolute Gasteiger partial charge is 0.465 e. The number of hydrogen-bond donors (Lipinski definition) is 1. The van der Waals surface area contributed by atoms with Crippen LogP contribution in [0.3, 0.4) is 0 Å². The third kappa shape index (κ3) is 5.17. The molecule has 0 saturated carbocycles. The molecule has 0 aliphatic carbocycles. The summed E-state index contributed by atoms with van der Waals surface area (Å²) in [5.74, 6) is -3.52. The molecule has 10 nitrogen and oxygen atoms in total. The number of aromatic nitrogens is 4. The van der Waals surface area contributed by atoms with Crippen molar-refractivity contribution in [3.8, 4) is 16.9 Å². The Morgan fingerprint density at radius 2 is 1.83 bits per heavy atom. The molecular weight excluding hydrogens is 613 g/mol. The van der Waals surface area contributed by atoms with Crippen LogP contribution in [0, 0.1) is 24.4 Å². The van der Waals surface area contributed by atoms with Gasteiger partial charge < -0.3 is 19.3 Å². The Morgan fingerprint density at radius 3 is 2.47 bits per heavy atom. The first-order chi connectivity index (χ1) is 22.1. The molecule has 1 amide bonds. The number of carboxylic acid groups (broad SMARTS) is 1. The zero-order valence-electron chi connectivity index (χ0n) is 27.2. The van der Waals surface area contributed by atoms with Gasteiger partial charge in [-0.25, -0.2) is 32.3 Å². The van der Waals surface area contributed by atoms with Gasteiger partial charge >= 0.3 is 11.8 Å². The second-order valence-corrected chi connectivity index (χ2v) is 13.3. The van der Waals surface area contributed by atoms with Crippen LogP contribution in [-0.2, 0) is 5.41 Å². The number of aryl methyl sites for hydroxylation is 1. The van der Waals surface area contributed by atoms with Crippen molar-refractivity contribution in [2.75, 3.05) is 24.5 Å². The third-order valence-electron chi connectivity index (χ3n) is 8.66. The Morgan fingerprint density at radius 1 is 1.11 bits per heavy atom. The predicted octanol–water partition coefficient (Wildman–Crippen LogP) is 6.92. The van der Waals surface area contributed by atoms with E-state index in [0.29, 0.717) is 16.9 Å². The molecule has 1 aromatic carbocycles. The van der Waals surface area contributed by atoms with E-state index in [2.05, 4.69) is 15.0 Å². The molecule has 5 heterocycles.